The number of thiazole rings is 1. The van der Waals surface area contributed by atoms with Gasteiger partial charge in [0.25, 0.3) is 0 Å². The molecule has 0 amide bonds. The van der Waals surface area contributed by atoms with Crippen molar-refractivity contribution in [3.63, 3.8) is 0 Å². The van der Waals surface area contributed by atoms with Gasteiger partial charge in [0.15, 0.2) is 0 Å². The monoisotopic (exact) mass is 210 g/mol. The van der Waals surface area contributed by atoms with Crippen LogP contribution in [0.15, 0.2) is 16.5 Å². The lowest BCUT2D eigenvalue weighted by Gasteiger charge is -2.06. The topological polar surface area (TPSA) is 24.9 Å². The van der Waals surface area contributed by atoms with Crippen LogP contribution in [-0.2, 0) is 0 Å². The van der Waals surface area contributed by atoms with E-state index in [1.54, 1.807) is 11.3 Å². The van der Waals surface area contributed by atoms with Crippen LogP contribution in [0, 0.1) is 5.92 Å². The molecule has 0 spiro atoms. The van der Waals surface area contributed by atoms with Gasteiger partial charge in [0, 0.05) is 11.9 Å². The van der Waals surface area contributed by atoms with E-state index in [-0.39, 0.29) is 0 Å². The van der Waals surface area contributed by atoms with Crippen LogP contribution in [0.3, 0.4) is 0 Å². The highest BCUT2D eigenvalue weighted by molar-refractivity contribution is 7.07. The van der Waals surface area contributed by atoms with E-state index >= 15 is 0 Å². The third kappa shape index (κ3) is 4.53. The fourth-order valence-corrected chi connectivity index (χ4v) is 1.67. The number of nitrogens with one attached hydrogen (secondary N) is 1. The Balaban J connectivity index is 2.31. The van der Waals surface area contributed by atoms with Gasteiger partial charge in [0.2, 0.25) is 0 Å². The first-order valence-corrected chi connectivity index (χ1v) is 5.89. The molecule has 0 aliphatic carbocycles. The Labute approximate surface area is 90.1 Å². The second-order valence-electron chi connectivity index (χ2n) is 3.93. The maximum Gasteiger partial charge on any atom is 0.0798 e. The van der Waals surface area contributed by atoms with Crippen LogP contribution in [0.4, 0.5) is 0 Å². The van der Waals surface area contributed by atoms with Gasteiger partial charge < -0.3 is 5.32 Å². The summed E-state index contributed by atoms with van der Waals surface area (Å²) < 4.78 is 0. The molecule has 0 unspecified atom stereocenters. The zero-order chi connectivity index (χ0) is 10.4. The van der Waals surface area contributed by atoms with Crippen molar-refractivity contribution in [1.82, 2.24) is 10.3 Å². The number of nitrogens with zero attached hydrogens (tertiary/aromatic N) is 1. The molecular formula is C11H18N2S. The molecule has 14 heavy (non-hydrogen) atoms. The van der Waals surface area contributed by atoms with Gasteiger partial charge in [-0.15, -0.1) is 11.3 Å². The van der Waals surface area contributed by atoms with Crippen LogP contribution in [0.2, 0.25) is 0 Å². The minimum Gasteiger partial charge on any atom is -0.313 e. The summed E-state index contributed by atoms with van der Waals surface area (Å²) in [5.41, 5.74) is 4.26. The maximum absolute atomic E-state index is 4.21. The van der Waals surface area contributed by atoms with Gasteiger partial charge in [-0.05, 0) is 25.5 Å². The average Bonchev–Trinajstić information content (AvgIpc) is 2.56. The molecule has 1 heterocycles. The SMILES string of the molecule is CC(=Cc1cscn1)CNCC(C)C. The average molecular weight is 210 g/mol. The van der Waals surface area contributed by atoms with Crippen molar-refractivity contribution in [2.75, 3.05) is 13.1 Å². The third-order valence-corrected chi connectivity index (χ3v) is 2.41. The van der Waals surface area contributed by atoms with Crippen molar-refractivity contribution in [3.8, 4) is 0 Å². The lowest BCUT2D eigenvalue weighted by Crippen LogP contribution is -2.21. The summed E-state index contributed by atoms with van der Waals surface area (Å²) in [7, 11) is 0. The first-order chi connectivity index (χ1) is 6.68. The van der Waals surface area contributed by atoms with Crippen LogP contribution in [0.1, 0.15) is 26.5 Å². The summed E-state index contributed by atoms with van der Waals surface area (Å²) >= 11 is 1.63. The molecule has 0 saturated carbocycles. The fraction of sp³-hybridized carbons (Fsp3) is 0.545. The Morgan fingerprint density at radius 1 is 1.64 bits per heavy atom. The molecule has 0 radical (unpaired) electrons. The maximum atomic E-state index is 4.21. The Morgan fingerprint density at radius 2 is 2.43 bits per heavy atom. The highest BCUT2D eigenvalue weighted by atomic mass is 32.1. The number of rotatable bonds is 5. The minimum absolute atomic E-state index is 0.710. The van der Waals surface area contributed by atoms with E-state index in [4.69, 9.17) is 0 Å². The van der Waals surface area contributed by atoms with E-state index in [0.29, 0.717) is 5.92 Å². The summed E-state index contributed by atoms with van der Waals surface area (Å²) in [6, 6.07) is 0. The smallest absolute Gasteiger partial charge is 0.0798 e. The molecule has 0 fully saturated rings. The Bertz CT molecular complexity index is 275. The summed E-state index contributed by atoms with van der Waals surface area (Å²) in [5.74, 6) is 0.710. The lowest BCUT2D eigenvalue weighted by atomic mass is 10.2. The van der Waals surface area contributed by atoms with Gasteiger partial charge in [-0.2, -0.15) is 0 Å². The molecule has 78 valence electrons. The molecule has 1 aromatic rings. The first kappa shape index (κ1) is 11.4. The molecule has 0 aliphatic rings. The molecule has 2 nitrogen and oxygen atoms in total. The van der Waals surface area contributed by atoms with Crippen molar-refractivity contribution >= 4 is 17.4 Å². The number of hydrogen-bond acceptors (Lipinski definition) is 3. The quantitative estimate of drug-likeness (QED) is 0.808. The van der Waals surface area contributed by atoms with Crippen molar-refractivity contribution in [2.45, 2.75) is 20.8 Å². The predicted molar refractivity (Wildman–Crippen MR) is 63.5 cm³/mol. The van der Waals surface area contributed by atoms with Crippen LogP contribution >= 0.6 is 11.3 Å². The zero-order valence-electron chi connectivity index (χ0n) is 9.08. The molecule has 0 saturated heterocycles. The second-order valence-corrected chi connectivity index (χ2v) is 4.65. The van der Waals surface area contributed by atoms with E-state index in [1.807, 2.05) is 5.51 Å². The highest BCUT2D eigenvalue weighted by Crippen LogP contribution is 2.06. The van der Waals surface area contributed by atoms with E-state index in [0.717, 1.165) is 18.8 Å². The summed E-state index contributed by atoms with van der Waals surface area (Å²) in [6.07, 6.45) is 2.13. The van der Waals surface area contributed by atoms with Gasteiger partial charge in [0.05, 0.1) is 11.2 Å². The Hall–Kier alpha value is -0.670. The van der Waals surface area contributed by atoms with Gasteiger partial charge in [-0.3, -0.25) is 0 Å². The summed E-state index contributed by atoms with van der Waals surface area (Å²) in [5, 5.41) is 5.47. The second kappa shape index (κ2) is 5.94. The van der Waals surface area contributed by atoms with Gasteiger partial charge in [-0.25, -0.2) is 4.98 Å². The third-order valence-electron chi connectivity index (χ3n) is 1.80. The van der Waals surface area contributed by atoms with Crippen LogP contribution in [0.25, 0.3) is 6.08 Å². The van der Waals surface area contributed by atoms with Crippen LogP contribution in [-0.4, -0.2) is 18.1 Å². The lowest BCUT2D eigenvalue weighted by molar-refractivity contribution is 0.572. The molecule has 0 aliphatic heterocycles. The van der Waals surface area contributed by atoms with E-state index in [1.165, 1.54) is 5.57 Å². The van der Waals surface area contributed by atoms with Crippen molar-refractivity contribution in [2.24, 2.45) is 5.92 Å². The Kier molecular flexibility index (Phi) is 4.84. The largest absolute Gasteiger partial charge is 0.313 e. The summed E-state index contributed by atoms with van der Waals surface area (Å²) in [6.45, 7) is 8.59. The molecule has 0 bridgehead atoms. The molecule has 3 heteroatoms. The molecule has 1 rings (SSSR count). The van der Waals surface area contributed by atoms with Gasteiger partial charge in [0.1, 0.15) is 0 Å². The normalized spacial score (nSPS) is 12.4. The standard InChI is InChI=1S/C11H18N2S/c1-9(2)5-12-6-10(3)4-11-7-14-8-13-11/h4,7-9,12H,5-6H2,1-3H3. The molecule has 1 aromatic heterocycles. The van der Waals surface area contributed by atoms with Gasteiger partial charge in [-0.1, -0.05) is 19.4 Å². The van der Waals surface area contributed by atoms with E-state index in [2.05, 4.69) is 42.5 Å². The van der Waals surface area contributed by atoms with Gasteiger partial charge >= 0.3 is 0 Å². The minimum atomic E-state index is 0.710. The molecule has 0 aromatic carbocycles. The number of hydrogen-bond donors (Lipinski definition) is 1. The van der Waals surface area contributed by atoms with Crippen molar-refractivity contribution < 1.29 is 0 Å². The van der Waals surface area contributed by atoms with E-state index in [9.17, 15) is 0 Å². The highest BCUT2D eigenvalue weighted by Gasteiger charge is 1.95. The predicted octanol–water partition coefficient (Wildman–Crippen LogP) is 2.79. The summed E-state index contributed by atoms with van der Waals surface area (Å²) in [4.78, 5) is 4.21. The fourth-order valence-electron chi connectivity index (χ4n) is 1.15. The van der Waals surface area contributed by atoms with Crippen LogP contribution in [0.5, 0.6) is 0 Å². The molecule has 1 N–H and O–H groups in total. The molecule has 0 atom stereocenters. The number of aromatic nitrogens is 1. The zero-order valence-corrected chi connectivity index (χ0v) is 9.90. The van der Waals surface area contributed by atoms with Crippen molar-refractivity contribution in [1.29, 1.82) is 0 Å². The molecular weight excluding hydrogens is 192 g/mol. The Morgan fingerprint density at radius 3 is 3.00 bits per heavy atom. The van der Waals surface area contributed by atoms with Crippen molar-refractivity contribution in [3.05, 3.63) is 22.2 Å². The van der Waals surface area contributed by atoms with E-state index < -0.39 is 0 Å². The first-order valence-electron chi connectivity index (χ1n) is 4.94. The van der Waals surface area contributed by atoms with Crippen LogP contribution < -0.4 is 5.32 Å².